The molecule has 1 fully saturated rings. The monoisotopic (exact) mass is 172 g/mol. The normalized spacial score (nSPS) is 43.0. The zero-order valence-corrected chi connectivity index (χ0v) is 8.22. The average Bonchev–Trinajstić information content (AvgIpc) is 2.03. The molecule has 0 bridgehead atoms. The fraction of sp³-hybridized carbons (Fsp3) is 1.00. The van der Waals surface area contributed by atoms with E-state index < -0.39 is 5.60 Å². The van der Waals surface area contributed by atoms with Gasteiger partial charge in [-0.25, -0.2) is 0 Å². The molecule has 12 heavy (non-hydrogen) atoms. The van der Waals surface area contributed by atoms with Gasteiger partial charge in [-0.15, -0.1) is 0 Å². The minimum absolute atomic E-state index is 0.402. The van der Waals surface area contributed by atoms with E-state index in [9.17, 15) is 5.11 Å². The third kappa shape index (κ3) is 2.19. The Morgan fingerprint density at radius 3 is 2.33 bits per heavy atom. The van der Waals surface area contributed by atoms with Crippen molar-refractivity contribution in [1.29, 1.82) is 0 Å². The van der Waals surface area contributed by atoms with Crippen LogP contribution in [0.15, 0.2) is 0 Å². The van der Waals surface area contributed by atoms with Crippen LogP contribution in [0.1, 0.15) is 26.2 Å². The summed E-state index contributed by atoms with van der Waals surface area (Å²) in [4.78, 5) is 0. The maximum Gasteiger partial charge on any atom is 0.0635 e. The molecule has 1 unspecified atom stereocenters. The summed E-state index contributed by atoms with van der Waals surface area (Å²) in [5.74, 6) is 0. The Morgan fingerprint density at radius 1 is 1.25 bits per heavy atom. The quantitative estimate of drug-likeness (QED) is 0.553. The van der Waals surface area contributed by atoms with Crippen LogP contribution in [-0.4, -0.2) is 36.9 Å². The Bertz CT molecular complexity index is 147. The van der Waals surface area contributed by atoms with Gasteiger partial charge in [0.05, 0.1) is 5.60 Å². The second-order valence-electron chi connectivity index (χ2n) is 4.03. The van der Waals surface area contributed by atoms with Crippen LogP contribution in [0.2, 0.25) is 0 Å². The van der Waals surface area contributed by atoms with Crippen molar-refractivity contribution in [2.45, 2.75) is 43.9 Å². The van der Waals surface area contributed by atoms with E-state index in [0.29, 0.717) is 12.1 Å². The molecule has 3 heteroatoms. The molecular weight excluding hydrogens is 152 g/mol. The number of hydrogen-bond acceptors (Lipinski definition) is 3. The van der Waals surface area contributed by atoms with Crippen LogP contribution in [0, 0.1) is 0 Å². The Labute approximate surface area is 74.5 Å². The Hall–Kier alpha value is -0.120. The predicted molar refractivity (Wildman–Crippen MR) is 50.2 cm³/mol. The van der Waals surface area contributed by atoms with Crippen LogP contribution in [0.5, 0.6) is 0 Å². The number of rotatable bonds is 2. The highest BCUT2D eigenvalue weighted by molar-refractivity contribution is 4.93. The highest BCUT2D eigenvalue weighted by atomic mass is 16.3. The summed E-state index contributed by atoms with van der Waals surface area (Å²) in [7, 11) is 3.94. The summed E-state index contributed by atoms with van der Waals surface area (Å²) in [5, 5.41) is 16.3. The van der Waals surface area contributed by atoms with Crippen molar-refractivity contribution < 1.29 is 5.11 Å². The molecule has 3 atom stereocenters. The topological polar surface area (TPSA) is 44.3 Å². The van der Waals surface area contributed by atoms with Gasteiger partial charge in [-0.2, -0.15) is 0 Å². The fourth-order valence-electron chi connectivity index (χ4n) is 2.03. The molecule has 1 rings (SSSR count). The van der Waals surface area contributed by atoms with Crippen LogP contribution in [-0.2, 0) is 0 Å². The zero-order valence-electron chi connectivity index (χ0n) is 8.22. The van der Waals surface area contributed by atoms with Gasteiger partial charge in [0.15, 0.2) is 0 Å². The predicted octanol–water partition coefficient (Wildman–Crippen LogP) is 0.0973. The standard InChI is InChI=1S/C9H20N2O/c1-9(12)5-4-7(10-2)8(6-9)11-3/h7-8,10-12H,4-6H2,1-3H3/t7-,8+,9?/m0/s1. The van der Waals surface area contributed by atoms with Gasteiger partial charge < -0.3 is 15.7 Å². The van der Waals surface area contributed by atoms with E-state index in [1.807, 2.05) is 21.0 Å². The summed E-state index contributed by atoms with van der Waals surface area (Å²) in [6.45, 7) is 1.92. The maximum absolute atomic E-state index is 9.82. The molecule has 0 spiro atoms. The van der Waals surface area contributed by atoms with Crippen LogP contribution < -0.4 is 10.6 Å². The van der Waals surface area contributed by atoms with Gasteiger partial charge in [-0.3, -0.25) is 0 Å². The summed E-state index contributed by atoms with van der Waals surface area (Å²) in [5.41, 5.74) is -0.471. The van der Waals surface area contributed by atoms with Crippen molar-refractivity contribution in [2.24, 2.45) is 0 Å². The van der Waals surface area contributed by atoms with Crippen molar-refractivity contribution in [3.63, 3.8) is 0 Å². The fourth-order valence-corrected chi connectivity index (χ4v) is 2.03. The lowest BCUT2D eigenvalue weighted by atomic mass is 9.80. The summed E-state index contributed by atoms with van der Waals surface area (Å²) >= 11 is 0. The van der Waals surface area contributed by atoms with Crippen molar-refractivity contribution >= 4 is 0 Å². The molecule has 1 aliphatic carbocycles. The number of nitrogens with one attached hydrogen (secondary N) is 2. The molecule has 72 valence electrons. The molecule has 1 aliphatic rings. The van der Waals surface area contributed by atoms with Crippen molar-refractivity contribution in [1.82, 2.24) is 10.6 Å². The minimum atomic E-state index is -0.471. The second-order valence-corrected chi connectivity index (χ2v) is 4.03. The molecule has 0 saturated heterocycles. The van der Waals surface area contributed by atoms with Crippen LogP contribution >= 0.6 is 0 Å². The zero-order chi connectivity index (χ0) is 9.19. The van der Waals surface area contributed by atoms with Crippen LogP contribution in [0.4, 0.5) is 0 Å². The molecule has 0 heterocycles. The number of aliphatic hydroxyl groups is 1. The van der Waals surface area contributed by atoms with Crippen molar-refractivity contribution in [3.05, 3.63) is 0 Å². The largest absolute Gasteiger partial charge is 0.390 e. The molecule has 0 radical (unpaired) electrons. The van der Waals surface area contributed by atoms with Gasteiger partial charge in [0.2, 0.25) is 0 Å². The van der Waals surface area contributed by atoms with E-state index >= 15 is 0 Å². The molecule has 1 saturated carbocycles. The van der Waals surface area contributed by atoms with E-state index in [2.05, 4.69) is 10.6 Å². The molecule has 3 N–H and O–H groups in total. The number of hydrogen-bond donors (Lipinski definition) is 3. The Kier molecular flexibility index (Phi) is 3.09. The lowest BCUT2D eigenvalue weighted by Gasteiger charge is -2.39. The molecule has 0 aromatic rings. The molecule has 0 amide bonds. The first-order valence-electron chi connectivity index (χ1n) is 4.66. The Morgan fingerprint density at radius 2 is 1.83 bits per heavy atom. The van der Waals surface area contributed by atoms with Crippen molar-refractivity contribution in [2.75, 3.05) is 14.1 Å². The summed E-state index contributed by atoms with van der Waals surface area (Å²) in [6, 6.07) is 0.911. The SMILES string of the molecule is CN[C@H]1CCC(C)(O)C[C@H]1NC. The highest BCUT2D eigenvalue weighted by Crippen LogP contribution is 2.27. The second kappa shape index (κ2) is 3.73. The smallest absolute Gasteiger partial charge is 0.0635 e. The molecule has 0 aromatic heterocycles. The van der Waals surface area contributed by atoms with Gasteiger partial charge in [-0.05, 0) is 40.3 Å². The summed E-state index contributed by atoms with van der Waals surface area (Å²) in [6.07, 6.45) is 2.79. The van der Waals surface area contributed by atoms with Gasteiger partial charge in [0.25, 0.3) is 0 Å². The summed E-state index contributed by atoms with van der Waals surface area (Å²) < 4.78 is 0. The third-order valence-electron chi connectivity index (χ3n) is 2.88. The van der Waals surface area contributed by atoms with Gasteiger partial charge in [0, 0.05) is 12.1 Å². The van der Waals surface area contributed by atoms with E-state index in [0.717, 1.165) is 19.3 Å². The molecular formula is C9H20N2O. The first-order valence-corrected chi connectivity index (χ1v) is 4.66. The van der Waals surface area contributed by atoms with Gasteiger partial charge in [-0.1, -0.05) is 0 Å². The van der Waals surface area contributed by atoms with E-state index in [1.165, 1.54) is 0 Å². The lowest BCUT2D eigenvalue weighted by Crippen LogP contribution is -2.53. The van der Waals surface area contributed by atoms with E-state index in [4.69, 9.17) is 0 Å². The van der Waals surface area contributed by atoms with E-state index in [-0.39, 0.29) is 0 Å². The lowest BCUT2D eigenvalue weighted by molar-refractivity contribution is 0.00200. The number of likely N-dealkylation sites (N-methyl/N-ethyl adjacent to an activating group) is 2. The first kappa shape index (κ1) is 9.96. The van der Waals surface area contributed by atoms with Gasteiger partial charge in [0.1, 0.15) is 0 Å². The molecule has 0 aromatic carbocycles. The van der Waals surface area contributed by atoms with Crippen LogP contribution in [0.25, 0.3) is 0 Å². The minimum Gasteiger partial charge on any atom is -0.390 e. The van der Waals surface area contributed by atoms with Gasteiger partial charge >= 0.3 is 0 Å². The van der Waals surface area contributed by atoms with E-state index in [1.54, 1.807) is 0 Å². The highest BCUT2D eigenvalue weighted by Gasteiger charge is 2.34. The third-order valence-corrected chi connectivity index (χ3v) is 2.88. The molecule has 0 aliphatic heterocycles. The molecule has 3 nitrogen and oxygen atoms in total. The Balaban J connectivity index is 2.53. The maximum atomic E-state index is 9.82. The van der Waals surface area contributed by atoms with Crippen molar-refractivity contribution in [3.8, 4) is 0 Å². The average molecular weight is 172 g/mol. The van der Waals surface area contributed by atoms with Crippen LogP contribution in [0.3, 0.4) is 0 Å². The first-order chi connectivity index (χ1) is 5.59.